The highest BCUT2D eigenvalue weighted by Crippen LogP contribution is 2.19. The van der Waals surface area contributed by atoms with Gasteiger partial charge in [-0.05, 0) is 45.1 Å². The summed E-state index contributed by atoms with van der Waals surface area (Å²) in [5.41, 5.74) is -0.502. The Morgan fingerprint density at radius 3 is 2.86 bits per heavy atom. The predicted octanol–water partition coefficient (Wildman–Crippen LogP) is 2.66. The average molecular weight is 324 g/mol. The van der Waals surface area contributed by atoms with Crippen LogP contribution in [0.1, 0.15) is 32.1 Å². The molecule has 1 aliphatic heterocycles. The fraction of sp³-hybridized carbons (Fsp3) is 0.625. The Labute approximate surface area is 135 Å². The van der Waals surface area contributed by atoms with Gasteiger partial charge >= 0.3 is 6.09 Å². The second kappa shape index (κ2) is 7.13. The number of rotatable bonds is 4. The molecule has 22 heavy (non-hydrogen) atoms. The Morgan fingerprint density at radius 2 is 2.23 bits per heavy atom. The molecule has 0 saturated carbocycles. The van der Waals surface area contributed by atoms with Crippen LogP contribution < -0.4 is 5.32 Å². The lowest BCUT2D eigenvalue weighted by atomic mass is 10.1. The smallest absolute Gasteiger partial charge is 0.410 e. The van der Waals surface area contributed by atoms with Crippen LogP contribution in [0.25, 0.3) is 0 Å². The number of hydrogen-bond acceptors (Lipinski definition) is 4. The van der Waals surface area contributed by atoms with E-state index in [9.17, 15) is 9.59 Å². The third-order valence-electron chi connectivity index (χ3n) is 3.46. The van der Waals surface area contributed by atoms with Gasteiger partial charge in [-0.2, -0.15) is 0 Å². The molecule has 5 nitrogen and oxygen atoms in total. The van der Waals surface area contributed by atoms with Gasteiger partial charge in [0, 0.05) is 24.5 Å². The van der Waals surface area contributed by atoms with Gasteiger partial charge in [0.25, 0.3) is 0 Å². The van der Waals surface area contributed by atoms with Crippen molar-refractivity contribution >= 4 is 23.3 Å². The standard InChI is InChI=1S/C16H24N2O3S/c1-16(2,3)21-15(20)18-9-7-12(11-18)14(19)17-8-6-13-5-4-10-22-13/h4-5,10,12H,6-9,11H2,1-3H3,(H,17,19). The Bertz CT molecular complexity index is 508. The van der Waals surface area contributed by atoms with Crippen molar-refractivity contribution in [1.82, 2.24) is 10.2 Å². The Kier molecular flexibility index (Phi) is 5.45. The van der Waals surface area contributed by atoms with Crippen LogP contribution in [0, 0.1) is 5.92 Å². The summed E-state index contributed by atoms with van der Waals surface area (Å²) in [6, 6.07) is 4.08. The summed E-state index contributed by atoms with van der Waals surface area (Å²) in [6.07, 6.45) is 1.22. The minimum Gasteiger partial charge on any atom is -0.444 e. The molecule has 1 saturated heterocycles. The summed E-state index contributed by atoms with van der Waals surface area (Å²) in [5.74, 6) is -0.0986. The van der Waals surface area contributed by atoms with E-state index in [1.165, 1.54) is 4.88 Å². The molecule has 1 N–H and O–H groups in total. The highest BCUT2D eigenvalue weighted by Gasteiger charge is 2.33. The monoisotopic (exact) mass is 324 g/mol. The molecule has 122 valence electrons. The second-order valence-electron chi connectivity index (χ2n) is 6.53. The van der Waals surface area contributed by atoms with Crippen LogP contribution >= 0.6 is 11.3 Å². The number of likely N-dealkylation sites (tertiary alicyclic amines) is 1. The van der Waals surface area contributed by atoms with Gasteiger partial charge in [0.2, 0.25) is 5.91 Å². The first kappa shape index (κ1) is 16.8. The van der Waals surface area contributed by atoms with Gasteiger partial charge in [0.1, 0.15) is 5.60 Å². The molecule has 2 heterocycles. The van der Waals surface area contributed by atoms with Gasteiger partial charge in [-0.15, -0.1) is 11.3 Å². The molecule has 1 unspecified atom stereocenters. The van der Waals surface area contributed by atoms with Gasteiger partial charge in [0.05, 0.1) is 5.92 Å². The maximum Gasteiger partial charge on any atom is 0.410 e. The highest BCUT2D eigenvalue weighted by atomic mass is 32.1. The maximum absolute atomic E-state index is 12.1. The van der Waals surface area contributed by atoms with E-state index < -0.39 is 5.60 Å². The van der Waals surface area contributed by atoms with E-state index in [1.54, 1.807) is 16.2 Å². The van der Waals surface area contributed by atoms with Crippen molar-refractivity contribution in [3.8, 4) is 0 Å². The van der Waals surface area contributed by atoms with Crippen LogP contribution in [-0.4, -0.2) is 42.1 Å². The van der Waals surface area contributed by atoms with Crippen molar-refractivity contribution in [3.05, 3.63) is 22.4 Å². The number of ether oxygens (including phenoxy) is 1. The summed E-state index contributed by atoms with van der Waals surface area (Å²) in [7, 11) is 0. The zero-order chi connectivity index (χ0) is 16.2. The van der Waals surface area contributed by atoms with E-state index in [1.807, 2.05) is 32.2 Å². The molecule has 1 atom stereocenters. The molecule has 0 aromatic carbocycles. The van der Waals surface area contributed by atoms with Crippen LogP contribution in [0.5, 0.6) is 0 Å². The molecule has 6 heteroatoms. The zero-order valence-corrected chi connectivity index (χ0v) is 14.2. The van der Waals surface area contributed by atoms with E-state index >= 15 is 0 Å². The van der Waals surface area contributed by atoms with Crippen LogP contribution in [-0.2, 0) is 16.0 Å². The van der Waals surface area contributed by atoms with Crippen LogP contribution in [0.4, 0.5) is 4.79 Å². The number of nitrogens with zero attached hydrogens (tertiary/aromatic N) is 1. The number of thiophene rings is 1. The lowest BCUT2D eigenvalue weighted by molar-refractivity contribution is -0.124. The number of nitrogens with one attached hydrogen (secondary N) is 1. The fourth-order valence-electron chi connectivity index (χ4n) is 2.37. The second-order valence-corrected chi connectivity index (χ2v) is 7.56. The number of amides is 2. The van der Waals surface area contributed by atoms with Gasteiger partial charge in [-0.1, -0.05) is 6.07 Å². The quantitative estimate of drug-likeness (QED) is 0.926. The molecule has 0 bridgehead atoms. The first-order valence-corrected chi connectivity index (χ1v) is 8.51. The van der Waals surface area contributed by atoms with Gasteiger partial charge in [-0.25, -0.2) is 4.79 Å². The maximum atomic E-state index is 12.1. The minimum atomic E-state index is -0.502. The van der Waals surface area contributed by atoms with E-state index in [0.717, 1.165) is 6.42 Å². The molecule has 2 rings (SSSR count). The highest BCUT2D eigenvalue weighted by molar-refractivity contribution is 7.09. The van der Waals surface area contributed by atoms with Gasteiger partial charge < -0.3 is 15.0 Å². The van der Waals surface area contributed by atoms with Gasteiger partial charge in [-0.3, -0.25) is 4.79 Å². The van der Waals surface area contributed by atoms with Crippen molar-refractivity contribution in [2.45, 2.75) is 39.2 Å². The van der Waals surface area contributed by atoms with E-state index in [2.05, 4.69) is 11.4 Å². The topological polar surface area (TPSA) is 58.6 Å². The summed E-state index contributed by atoms with van der Waals surface area (Å²) in [4.78, 5) is 27.0. The molecule has 1 aromatic heterocycles. The van der Waals surface area contributed by atoms with E-state index in [0.29, 0.717) is 26.1 Å². The Balaban J connectivity index is 1.72. The van der Waals surface area contributed by atoms with E-state index in [4.69, 9.17) is 4.74 Å². The average Bonchev–Trinajstić information content (AvgIpc) is 3.08. The largest absolute Gasteiger partial charge is 0.444 e. The number of hydrogen-bond donors (Lipinski definition) is 1. The van der Waals surface area contributed by atoms with Crippen LogP contribution in [0.2, 0.25) is 0 Å². The molecular formula is C16H24N2O3S. The van der Waals surface area contributed by atoms with Crippen molar-refractivity contribution in [1.29, 1.82) is 0 Å². The minimum absolute atomic E-state index is 0.0302. The lowest BCUT2D eigenvalue weighted by Gasteiger charge is -2.24. The fourth-order valence-corrected chi connectivity index (χ4v) is 3.08. The third-order valence-corrected chi connectivity index (χ3v) is 4.40. The van der Waals surface area contributed by atoms with Crippen molar-refractivity contribution in [3.63, 3.8) is 0 Å². The molecule has 0 aliphatic carbocycles. The van der Waals surface area contributed by atoms with Crippen molar-refractivity contribution in [2.75, 3.05) is 19.6 Å². The third kappa shape index (κ3) is 5.02. The van der Waals surface area contributed by atoms with Crippen LogP contribution in [0.3, 0.4) is 0 Å². The summed E-state index contributed by atoms with van der Waals surface area (Å²) in [5, 5.41) is 4.99. The van der Waals surface area contributed by atoms with Crippen molar-refractivity contribution < 1.29 is 14.3 Å². The first-order valence-electron chi connectivity index (χ1n) is 7.63. The Hall–Kier alpha value is -1.56. The molecular weight excluding hydrogens is 300 g/mol. The van der Waals surface area contributed by atoms with E-state index in [-0.39, 0.29) is 17.9 Å². The van der Waals surface area contributed by atoms with Gasteiger partial charge in [0.15, 0.2) is 0 Å². The van der Waals surface area contributed by atoms with Crippen molar-refractivity contribution in [2.24, 2.45) is 5.92 Å². The molecule has 1 aromatic rings. The number of carbonyl (C=O) groups is 2. The molecule has 0 radical (unpaired) electrons. The predicted molar refractivity (Wildman–Crippen MR) is 86.9 cm³/mol. The first-order chi connectivity index (χ1) is 10.3. The zero-order valence-electron chi connectivity index (χ0n) is 13.4. The lowest BCUT2D eigenvalue weighted by Crippen LogP contribution is -2.38. The van der Waals surface area contributed by atoms with Crippen LogP contribution in [0.15, 0.2) is 17.5 Å². The summed E-state index contributed by atoms with van der Waals surface area (Å²) < 4.78 is 5.34. The molecule has 1 aliphatic rings. The SMILES string of the molecule is CC(C)(C)OC(=O)N1CCC(C(=O)NCCc2cccs2)C1. The molecule has 1 fully saturated rings. The number of carbonyl (C=O) groups excluding carboxylic acids is 2. The molecule has 0 spiro atoms. The normalized spacial score (nSPS) is 18.3. The molecule has 2 amide bonds. The summed E-state index contributed by atoms with van der Waals surface area (Å²) in [6.45, 7) is 7.20. The Morgan fingerprint density at radius 1 is 1.45 bits per heavy atom. The summed E-state index contributed by atoms with van der Waals surface area (Å²) >= 11 is 1.70.